The Kier molecular flexibility index (Phi) is 2.72. The summed E-state index contributed by atoms with van der Waals surface area (Å²) in [5, 5.41) is 3.05. The van der Waals surface area contributed by atoms with Gasteiger partial charge in [-0.1, -0.05) is 11.6 Å². The number of halogens is 1. The van der Waals surface area contributed by atoms with Crippen LogP contribution in [0, 0.1) is 0 Å². The van der Waals surface area contributed by atoms with Crippen LogP contribution in [0.1, 0.15) is 5.56 Å². The van der Waals surface area contributed by atoms with Crippen LogP contribution >= 0.6 is 22.9 Å². The monoisotopic (exact) mass is 262 g/mol. The van der Waals surface area contributed by atoms with Gasteiger partial charge in [0.2, 0.25) is 0 Å². The van der Waals surface area contributed by atoms with Crippen LogP contribution in [-0.4, -0.2) is 13.0 Å². The van der Waals surface area contributed by atoms with Crippen LogP contribution in [-0.2, 0) is 15.9 Å². The lowest BCUT2D eigenvalue weighted by molar-refractivity contribution is 0.482. The van der Waals surface area contributed by atoms with E-state index in [9.17, 15) is 8.42 Å². The SMILES string of the molecule is O=S(=O)(O)Cc1csc2ccc(Cl)cc12. The zero-order valence-electron chi connectivity index (χ0n) is 7.47. The first-order valence-corrected chi connectivity index (χ1v) is 6.93. The van der Waals surface area contributed by atoms with Crippen LogP contribution in [0.4, 0.5) is 0 Å². The Balaban J connectivity index is 2.57. The highest BCUT2D eigenvalue weighted by Crippen LogP contribution is 2.29. The third kappa shape index (κ3) is 2.49. The number of hydrogen-bond donors (Lipinski definition) is 1. The van der Waals surface area contributed by atoms with Crippen molar-refractivity contribution in [3.05, 3.63) is 34.2 Å². The number of rotatable bonds is 2. The van der Waals surface area contributed by atoms with E-state index in [1.807, 2.05) is 6.07 Å². The summed E-state index contributed by atoms with van der Waals surface area (Å²) < 4.78 is 31.2. The lowest BCUT2D eigenvalue weighted by atomic mass is 10.2. The van der Waals surface area contributed by atoms with E-state index in [0.29, 0.717) is 10.6 Å². The average molecular weight is 263 g/mol. The minimum Gasteiger partial charge on any atom is -0.285 e. The van der Waals surface area contributed by atoms with E-state index in [-0.39, 0.29) is 5.75 Å². The van der Waals surface area contributed by atoms with Crippen LogP contribution in [0.25, 0.3) is 10.1 Å². The average Bonchev–Trinajstić information content (AvgIpc) is 2.46. The summed E-state index contributed by atoms with van der Waals surface area (Å²) in [4.78, 5) is 0. The Hall–Kier alpha value is -0.620. The maximum Gasteiger partial charge on any atom is 0.269 e. The van der Waals surface area contributed by atoms with Gasteiger partial charge in [-0.3, -0.25) is 4.55 Å². The smallest absolute Gasteiger partial charge is 0.269 e. The second-order valence-electron chi connectivity index (χ2n) is 3.13. The first-order chi connectivity index (χ1) is 6.96. The minimum atomic E-state index is -3.99. The molecule has 0 bridgehead atoms. The molecular formula is C9H7ClO3S2. The molecule has 0 saturated heterocycles. The van der Waals surface area contributed by atoms with Gasteiger partial charge >= 0.3 is 0 Å². The van der Waals surface area contributed by atoms with Crippen molar-refractivity contribution in [3.63, 3.8) is 0 Å². The van der Waals surface area contributed by atoms with E-state index < -0.39 is 10.1 Å². The summed E-state index contributed by atoms with van der Waals surface area (Å²) >= 11 is 7.24. The highest BCUT2D eigenvalue weighted by atomic mass is 35.5. The van der Waals surface area contributed by atoms with E-state index in [2.05, 4.69) is 0 Å². The predicted octanol–water partition coefficient (Wildman–Crippen LogP) is 2.94. The first kappa shape index (κ1) is 10.9. The predicted molar refractivity (Wildman–Crippen MR) is 62.1 cm³/mol. The second-order valence-corrected chi connectivity index (χ2v) is 5.93. The number of thiophene rings is 1. The van der Waals surface area contributed by atoms with Crippen molar-refractivity contribution >= 4 is 43.1 Å². The summed E-state index contributed by atoms with van der Waals surface area (Å²) in [6, 6.07) is 5.28. The molecule has 0 atom stereocenters. The fourth-order valence-electron chi connectivity index (χ4n) is 1.36. The Labute approximate surface area is 96.1 Å². The number of hydrogen-bond acceptors (Lipinski definition) is 3. The van der Waals surface area contributed by atoms with E-state index in [1.165, 1.54) is 11.3 Å². The van der Waals surface area contributed by atoms with E-state index in [0.717, 1.165) is 10.1 Å². The summed E-state index contributed by atoms with van der Waals surface area (Å²) in [6.45, 7) is 0. The van der Waals surface area contributed by atoms with Crippen molar-refractivity contribution in [1.29, 1.82) is 0 Å². The number of benzene rings is 1. The Morgan fingerprint density at radius 1 is 1.40 bits per heavy atom. The molecule has 0 saturated carbocycles. The van der Waals surface area contributed by atoms with Crippen molar-refractivity contribution in [2.75, 3.05) is 0 Å². The van der Waals surface area contributed by atoms with Gasteiger partial charge in [0, 0.05) is 9.72 Å². The van der Waals surface area contributed by atoms with E-state index in [1.54, 1.807) is 17.5 Å². The quantitative estimate of drug-likeness (QED) is 0.847. The number of fused-ring (bicyclic) bond motifs is 1. The molecule has 0 aliphatic carbocycles. The molecule has 0 spiro atoms. The van der Waals surface area contributed by atoms with Crippen LogP contribution < -0.4 is 0 Å². The molecule has 2 rings (SSSR count). The highest BCUT2D eigenvalue weighted by molar-refractivity contribution is 7.85. The van der Waals surface area contributed by atoms with Gasteiger partial charge in [-0.2, -0.15) is 8.42 Å². The van der Waals surface area contributed by atoms with Gasteiger partial charge < -0.3 is 0 Å². The molecule has 6 heteroatoms. The molecule has 0 amide bonds. The van der Waals surface area contributed by atoms with Crippen LogP contribution in [0.5, 0.6) is 0 Å². The normalized spacial score (nSPS) is 12.1. The molecule has 0 unspecified atom stereocenters. The molecule has 3 nitrogen and oxygen atoms in total. The maximum absolute atomic E-state index is 10.8. The van der Waals surface area contributed by atoms with Crippen LogP contribution in [0.2, 0.25) is 5.02 Å². The molecule has 0 radical (unpaired) electrons. The van der Waals surface area contributed by atoms with Crippen LogP contribution in [0.3, 0.4) is 0 Å². The zero-order chi connectivity index (χ0) is 11.1. The van der Waals surface area contributed by atoms with Crippen molar-refractivity contribution in [2.24, 2.45) is 0 Å². The third-order valence-corrected chi connectivity index (χ3v) is 3.88. The van der Waals surface area contributed by atoms with Crippen molar-refractivity contribution in [3.8, 4) is 0 Å². The standard InChI is InChI=1S/C9H7ClO3S2/c10-7-1-2-9-8(3-7)6(4-14-9)5-15(11,12)13/h1-4H,5H2,(H,11,12,13). The van der Waals surface area contributed by atoms with Gasteiger partial charge in [-0.25, -0.2) is 0 Å². The minimum absolute atomic E-state index is 0.368. The van der Waals surface area contributed by atoms with Crippen LogP contribution in [0.15, 0.2) is 23.6 Å². The molecule has 2 aromatic rings. The molecule has 0 aliphatic heterocycles. The largest absolute Gasteiger partial charge is 0.285 e. The highest BCUT2D eigenvalue weighted by Gasteiger charge is 2.11. The molecule has 1 N–H and O–H groups in total. The molecule has 15 heavy (non-hydrogen) atoms. The summed E-state index contributed by atoms with van der Waals surface area (Å²) in [5.74, 6) is -0.368. The Bertz CT molecular complexity index is 601. The molecule has 0 aliphatic rings. The first-order valence-electron chi connectivity index (χ1n) is 4.06. The molecule has 1 aromatic heterocycles. The van der Waals surface area contributed by atoms with Gasteiger partial charge in [0.1, 0.15) is 5.75 Å². The molecule has 1 heterocycles. The summed E-state index contributed by atoms with van der Waals surface area (Å²) in [5.41, 5.74) is 0.583. The Morgan fingerprint density at radius 3 is 2.80 bits per heavy atom. The zero-order valence-corrected chi connectivity index (χ0v) is 9.86. The summed E-state index contributed by atoms with van der Waals surface area (Å²) in [6.07, 6.45) is 0. The fourth-order valence-corrected chi connectivity index (χ4v) is 3.21. The molecule has 0 fully saturated rings. The molecule has 80 valence electrons. The van der Waals surface area contributed by atoms with E-state index in [4.69, 9.17) is 16.2 Å². The van der Waals surface area contributed by atoms with E-state index >= 15 is 0 Å². The molecule has 1 aromatic carbocycles. The van der Waals surface area contributed by atoms with Gasteiger partial charge in [0.15, 0.2) is 0 Å². The van der Waals surface area contributed by atoms with Gasteiger partial charge in [0.25, 0.3) is 10.1 Å². The Morgan fingerprint density at radius 2 is 2.13 bits per heavy atom. The second kappa shape index (κ2) is 3.75. The van der Waals surface area contributed by atoms with Gasteiger partial charge in [0.05, 0.1) is 0 Å². The maximum atomic E-state index is 10.8. The van der Waals surface area contributed by atoms with Crippen molar-refractivity contribution < 1.29 is 13.0 Å². The van der Waals surface area contributed by atoms with Crippen molar-refractivity contribution in [1.82, 2.24) is 0 Å². The van der Waals surface area contributed by atoms with Crippen molar-refractivity contribution in [2.45, 2.75) is 5.75 Å². The van der Waals surface area contributed by atoms with Gasteiger partial charge in [-0.05, 0) is 34.5 Å². The van der Waals surface area contributed by atoms with Gasteiger partial charge in [-0.15, -0.1) is 11.3 Å². The lowest BCUT2D eigenvalue weighted by Gasteiger charge is -1.97. The lowest BCUT2D eigenvalue weighted by Crippen LogP contribution is -2.00. The summed E-state index contributed by atoms with van der Waals surface area (Å²) in [7, 11) is -3.99. The third-order valence-electron chi connectivity index (χ3n) is 1.95. The topological polar surface area (TPSA) is 54.4 Å². The fraction of sp³-hybridized carbons (Fsp3) is 0.111. The molecular weight excluding hydrogens is 256 g/mol.